The molecule has 0 bridgehead atoms. The molecular weight excluding hydrogens is 354 g/mol. The summed E-state index contributed by atoms with van der Waals surface area (Å²) < 4.78 is 1.76. The maximum absolute atomic E-state index is 11.4. The fourth-order valence-corrected chi connectivity index (χ4v) is 2.73. The predicted octanol–water partition coefficient (Wildman–Crippen LogP) is 5.04. The number of benzene rings is 2. The van der Waals surface area contributed by atoms with E-state index in [2.05, 4.69) is 27.2 Å². The molecule has 0 fully saturated rings. The Bertz CT molecular complexity index is 1070. The maximum atomic E-state index is 11.4. The lowest BCUT2D eigenvalue weighted by atomic mass is 10.2. The Morgan fingerprint density at radius 3 is 2.50 bits per heavy atom. The number of rotatable bonds is 5. The summed E-state index contributed by atoms with van der Waals surface area (Å²) in [5, 5.41) is 25.7. The van der Waals surface area contributed by atoms with Crippen LogP contribution in [0.4, 0.5) is 17.1 Å². The van der Waals surface area contributed by atoms with Crippen LogP contribution in [0.15, 0.2) is 65.3 Å². The number of nitrogens with one attached hydrogen (secondary N) is 1. The van der Waals surface area contributed by atoms with Gasteiger partial charge in [0.2, 0.25) is 5.91 Å². The van der Waals surface area contributed by atoms with E-state index in [1.165, 1.54) is 6.08 Å². The number of hydrogen-bond donors (Lipinski definition) is 2. The van der Waals surface area contributed by atoms with Crippen molar-refractivity contribution in [3.8, 4) is 11.4 Å². The number of amides is 1. The van der Waals surface area contributed by atoms with Gasteiger partial charge in [0.25, 0.3) is 0 Å². The number of hydrogen-bond acceptors (Lipinski definition) is 5. The topological polar surface area (TPSA) is 91.9 Å². The Hall–Kier alpha value is -3.74. The van der Waals surface area contributed by atoms with Crippen LogP contribution in [0, 0.1) is 20.8 Å². The summed E-state index contributed by atoms with van der Waals surface area (Å²) in [5.41, 5.74) is 5.03. The molecule has 28 heavy (non-hydrogen) atoms. The van der Waals surface area contributed by atoms with Crippen LogP contribution in [0.2, 0.25) is 0 Å². The Balaban J connectivity index is 1.88. The molecule has 1 aromatic heterocycles. The highest BCUT2D eigenvalue weighted by atomic mass is 16.3. The zero-order valence-electron chi connectivity index (χ0n) is 16.0. The van der Waals surface area contributed by atoms with Crippen LogP contribution < -0.4 is 5.32 Å². The molecule has 7 heteroatoms. The summed E-state index contributed by atoms with van der Waals surface area (Å²) >= 11 is 0. The van der Waals surface area contributed by atoms with Crippen molar-refractivity contribution >= 4 is 23.0 Å². The van der Waals surface area contributed by atoms with Gasteiger partial charge in [0.1, 0.15) is 17.1 Å². The Labute approximate surface area is 163 Å². The fraction of sp³-hybridized carbons (Fsp3) is 0.143. The van der Waals surface area contributed by atoms with Crippen LogP contribution in [0.5, 0.6) is 5.75 Å². The van der Waals surface area contributed by atoms with Gasteiger partial charge in [-0.25, -0.2) is 4.68 Å². The minimum atomic E-state index is -0.263. The van der Waals surface area contributed by atoms with Gasteiger partial charge in [-0.15, -0.1) is 10.2 Å². The normalized spacial score (nSPS) is 11.0. The lowest BCUT2D eigenvalue weighted by Crippen LogP contribution is -2.07. The molecule has 0 aliphatic rings. The quantitative estimate of drug-likeness (QED) is 0.483. The minimum Gasteiger partial charge on any atom is -0.506 e. The van der Waals surface area contributed by atoms with Crippen LogP contribution in [0.1, 0.15) is 17.0 Å². The van der Waals surface area contributed by atoms with Gasteiger partial charge >= 0.3 is 0 Å². The number of phenolic OH excluding ortho intramolecular Hbond substituents is 1. The van der Waals surface area contributed by atoms with E-state index >= 15 is 0 Å². The molecule has 3 aromatic rings. The summed E-state index contributed by atoms with van der Waals surface area (Å²) in [5.74, 6) is -0.176. The van der Waals surface area contributed by atoms with E-state index in [0.29, 0.717) is 17.1 Å². The zero-order chi connectivity index (χ0) is 20.3. The molecule has 0 aliphatic heterocycles. The van der Waals surface area contributed by atoms with Crippen molar-refractivity contribution in [1.29, 1.82) is 0 Å². The fourth-order valence-electron chi connectivity index (χ4n) is 2.73. The van der Waals surface area contributed by atoms with E-state index < -0.39 is 0 Å². The molecule has 3 rings (SSSR count). The average molecular weight is 375 g/mol. The van der Waals surface area contributed by atoms with E-state index in [1.807, 2.05) is 39.0 Å². The number of carbonyl (C=O) groups excluding carboxylic acids is 1. The molecule has 0 spiro atoms. The van der Waals surface area contributed by atoms with Gasteiger partial charge in [-0.1, -0.05) is 12.6 Å². The van der Waals surface area contributed by atoms with Crippen molar-refractivity contribution in [2.24, 2.45) is 10.2 Å². The van der Waals surface area contributed by atoms with Crippen molar-refractivity contribution in [2.45, 2.75) is 20.8 Å². The number of carbonyl (C=O) groups is 1. The average Bonchev–Trinajstić information content (AvgIpc) is 2.95. The third kappa shape index (κ3) is 3.98. The second-order valence-electron chi connectivity index (χ2n) is 6.36. The third-order valence-corrected chi connectivity index (χ3v) is 4.21. The largest absolute Gasteiger partial charge is 0.506 e. The highest BCUT2D eigenvalue weighted by molar-refractivity contribution is 5.98. The predicted molar refractivity (Wildman–Crippen MR) is 109 cm³/mol. The van der Waals surface area contributed by atoms with Crippen LogP contribution in [-0.4, -0.2) is 20.8 Å². The molecule has 0 atom stereocenters. The second kappa shape index (κ2) is 7.87. The van der Waals surface area contributed by atoms with Gasteiger partial charge in [0.05, 0.1) is 17.1 Å². The second-order valence-corrected chi connectivity index (χ2v) is 6.36. The number of nitrogens with zero attached hydrogens (tertiary/aromatic N) is 4. The van der Waals surface area contributed by atoms with E-state index in [4.69, 9.17) is 0 Å². The summed E-state index contributed by atoms with van der Waals surface area (Å²) in [6, 6.07) is 12.5. The van der Waals surface area contributed by atoms with Crippen LogP contribution >= 0.6 is 0 Å². The lowest BCUT2D eigenvalue weighted by molar-refractivity contribution is -0.111. The van der Waals surface area contributed by atoms with Crippen molar-refractivity contribution < 1.29 is 9.90 Å². The first kappa shape index (κ1) is 19.0. The molecule has 0 radical (unpaired) electrons. The molecule has 2 N–H and O–H groups in total. The van der Waals surface area contributed by atoms with Crippen LogP contribution in [-0.2, 0) is 4.79 Å². The van der Waals surface area contributed by atoms with Crippen molar-refractivity contribution in [1.82, 2.24) is 9.78 Å². The van der Waals surface area contributed by atoms with Gasteiger partial charge in [0, 0.05) is 5.69 Å². The molecule has 0 saturated carbocycles. The monoisotopic (exact) mass is 375 g/mol. The summed E-state index contributed by atoms with van der Waals surface area (Å²) in [6.45, 7) is 9.08. The molecule has 1 amide bonds. The highest BCUT2D eigenvalue weighted by Crippen LogP contribution is 2.31. The van der Waals surface area contributed by atoms with Gasteiger partial charge in [-0.05, 0) is 68.8 Å². The van der Waals surface area contributed by atoms with Crippen LogP contribution in [0.25, 0.3) is 5.69 Å². The Morgan fingerprint density at radius 1 is 1.14 bits per heavy atom. The molecule has 1 heterocycles. The van der Waals surface area contributed by atoms with Gasteiger partial charge in [0.15, 0.2) is 0 Å². The van der Waals surface area contributed by atoms with E-state index in [-0.39, 0.29) is 11.7 Å². The summed E-state index contributed by atoms with van der Waals surface area (Å²) in [6.07, 6.45) is 1.22. The highest BCUT2D eigenvalue weighted by Gasteiger charge is 2.13. The number of aryl methyl sites for hydroxylation is 2. The zero-order valence-corrected chi connectivity index (χ0v) is 16.0. The van der Waals surface area contributed by atoms with E-state index in [0.717, 1.165) is 22.6 Å². The maximum Gasteiger partial charge on any atom is 0.247 e. The first-order valence-corrected chi connectivity index (χ1v) is 8.70. The summed E-state index contributed by atoms with van der Waals surface area (Å²) in [7, 11) is 0. The lowest BCUT2D eigenvalue weighted by Gasteiger charge is -2.06. The molecule has 0 unspecified atom stereocenters. The van der Waals surface area contributed by atoms with Crippen molar-refractivity contribution in [3.05, 3.63) is 72.1 Å². The number of anilines is 1. The first-order chi connectivity index (χ1) is 13.4. The summed E-state index contributed by atoms with van der Waals surface area (Å²) in [4.78, 5) is 11.4. The molecular formula is C21H21N5O2. The Morgan fingerprint density at radius 2 is 1.86 bits per heavy atom. The van der Waals surface area contributed by atoms with Gasteiger partial charge in [-0.3, -0.25) is 4.79 Å². The number of aromatic hydroxyl groups is 1. The van der Waals surface area contributed by atoms with Crippen molar-refractivity contribution in [2.75, 3.05) is 5.32 Å². The Kier molecular flexibility index (Phi) is 5.35. The molecule has 2 aromatic carbocycles. The van der Waals surface area contributed by atoms with E-state index in [1.54, 1.807) is 28.9 Å². The standard InChI is InChI=1S/C21H21N5O2/c1-5-20(28)22-16-7-9-17(10-8-16)26-15(4)21(14(3)25-26)24-23-18-11-6-13(2)12-19(18)27/h5-12,27H,1H2,2-4H3,(H,22,28). The molecule has 0 saturated heterocycles. The molecule has 142 valence electrons. The first-order valence-electron chi connectivity index (χ1n) is 8.70. The van der Waals surface area contributed by atoms with Crippen molar-refractivity contribution in [3.63, 3.8) is 0 Å². The van der Waals surface area contributed by atoms with Gasteiger partial charge < -0.3 is 10.4 Å². The third-order valence-electron chi connectivity index (χ3n) is 4.21. The molecule has 0 aliphatic carbocycles. The number of azo groups is 1. The van der Waals surface area contributed by atoms with Crippen LogP contribution in [0.3, 0.4) is 0 Å². The number of phenols is 1. The SMILES string of the molecule is C=CC(=O)Nc1ccc(-n2nc(C)c(N=Nc3ccc(C)cc3O)c2C)cc1. The molecule has 7 nitrogen and oxygen atoms in total. The van der Waals surface area contributed by atoms with Gasteiger partial charge in [-0.2, -0.15) is 5.10 Å². The smallest absolute Gasteiger partial charge is 0.247 e. The minimum absolute atomic E-state index is 0.0867. The number of aromatic nitrogens is 2. The van der Waals surface area contributed by atoms with E-state index in [9.17, 15) is 9.90 Å².